The fourth-order valence-corrected chi connectivity index (χ4v) is 3.95. The van der Waals surface area contributed by atoms with E-state index in [1.54, 1.807) is 6.20 Å². The smallest absolute Gasteiger partial charge is 0.204 e. The van der Waals surface area contributed by atoms with Crippen LogP contribution in [0.4, 0.5) is 0 Å². The Labute approximate surface area is 154 Å². The van der Waals surface area contributed by atoms with Gasteiger partial charge in [0.25, 0.3) is 0 Å². The predicted molar refractivity (Wildman–Crippen MR) is 97.6 cm³/mol. The van der Waals surface area contributed by atoms with Gasteiger partial charge in [0, 0.05) is 11.8 Å². The molecule has 0 aliphatic carbocycles. The highest BCUT2D eigenvalue weighted by Gasteiger charge is 2.31. The normalized spacial score (nSPS) is 16.0. The zero-order chi connectivity index (χ0) is 17.8. The predicted octanol–water partition coefficient (Wildman–Crippen LogP) is 4.34. The number of imidazole rings is 1. The van der Waals surface area contributed by atoms with Gasteiger partial charge in [0.2, 0.25) is 5.28 Å². The quantitative estimate of drug-likeness (QED) is 0.528. The van der Waals surface area contributed by atoms with E-state index in [-0.39, 0.29) is 6.04 Å². The van der Waals surface area contributed by atoms with Crippen LogP contribution in [0.5, 0.6) is 5.75 Å². The van der Waals surface area contributed by atoms with E-state index in [0.29, 0.717) is 11.9 Å². The molecule has 26 heavy (non-hydrogen) atoms. The van der Waals surface area contributed by atoms with Gasteiger partial charge < -0.3 is 9.26 Å². The third-order valence-corrected chi connectivity index (χ3v) is 5.06. The number of nitrogens with zero attached hydrogens (tertiary/aromatic N) is 4. The van der Waals surface area contributed by atoms with E-state index in [0.717, 1.165) is 45.1 Å². The summed E-state index contributed by atoms with van der Waals surface area (Å²) < 4.78 is 13.6. The number of ether oxygens (including phenoxy) is 1. The van der Waals surface area contributed by atoms with E-state index >= 15 is 0 Å². The van der Waals surface area contributed by atoms with Gasteiger partial charge in [-0.15, -0.1) is 0 Å². The molecule has 3 aromatic heterocycles. The first-order chi connectivity index (χ1) is 12.6. The number of benzene rings is 1. The van der Waals surface area contributed by atoms with Crippen molar-refractivity contribution in [2.75, 3.05) is 6.61 Å². The number of pyridine rings is 1. The molecule has 7 heteroatoms. The van der Waals surface area contributed by atoms with Crippen LogP contribution >= 0.6 is 11.6 Å². The fraction of sp³-hybridized carbons (Fsp3) is 0.211. The lowest BCUT2D eigenvalue weighted by molar-refractivity contribution is 0.257. The third kappa shape index (κ3) is 2.08. The number of hydrogen-bond acceptors (Lipinski definition) is 5. The van der Waals surface area contributed by atoms with Crippen molar-refractivity contribution in [3.05, 3.63) is 59.0 Å². The molecule has 0 bridgehead atoms. The first-order valence-corrected chi connectivity index (χ1v) is 8.70. The average molecular weight is 367 g/mol. The molecule has 0 fully saturated rings. The molecule has 6 nitrogen and oxygen atoms in total. The van der Waals surface area contributed by atoms with Gasteiger partial charge in [-0.1, -0.05) is 11.2 Å². The van der Waals surface area contributed by atoms with Crippen LogP contribution in [0.3, 0.4) is 0 Å². The van der Waals surface area contributed by atoms with E-state index in [9.17, 15) is 0 Å². The van der Waals surface area contributed by atoms with E-state index in [4.69, 9.17) is 20.9 Å². The van der Waals surface area contributed by atoms with Crippen molar-refractivity contribution in [1.29, 1.82) is 0 Å². The summed E-state index contributed by atoms with van der Waals surface area (Å²) in [5.41, 5.74) is 5.26. The molecule has 1 aromatic carbocycles. The van der Waals surface area contributed by atoms with Crippen molar-refractivity contribution in [2.24, 2.45) is 0 Å². The summed E-state index contributed by atoms with van der Waals surface area (Å²) in [7, 11) is 0. The largest absolute Gasteiger partial charge is 0.488 e. The molecule has 1 unspecified atom stereocenters. The van der Waals surface area contributed by atoms with Crippen LogP contribution in [-0.4, -0.2) is 26.3 Å². The molecular weight excluding hydrogens is 352 g/mol. The first kappa shape index (κ1) is 15.4. The van der Waals surface area contributed by atoms with Gasteiger partial charge in [0.15, 0.2) is 5.75 Å². The summed E-state index contributed by atoms with van der Waals surface area (Å²) in [5, 5.41) is 4.49. The summed E-state index contributed by atoms with van der Waals surface area (Å²) in [6.07, 6.45) is 1.77. The summed E-state index contributed by atoms with van der Waals surface area (Å²) in [5.74, 6) is 1.51. The van der Waals surface area contributed by atoms with Crippen LogP contribution in [0.1, 0.15) is 23.2 Å². The van der Waals surface area contributed by atoms with Crippen molar-refractivity contribution in [1.82, 2.24) is 19.7 Å². The Balaban J connectivity index is 1.79. The van der Waals surface area contributed by atoms with Gasteiger partial charge in [-0.2, -0.15) is 0 Å². The minimum atomic E-state index is -0.124. The van der Waals surface area contributed by atoms with Crippen molar-refractivity contribution < 1.29 is 9.26 Å². The Kier molecular flexibility index (Phi) is 3.30. The molecule has 1 atom stereocenters. The van der Waals surface area contributed by atoms with Crippen LogP contribution in [0.15, 0.2) is 41.1 Å². The Bertz CT molecular complexity index is 1110. The van der Waals surface area contributed by atoms with Crippen molar-refractivity contribution in [2.45, 2.75) is 19.9 Å². The summed E-state index contributed by atoms with van der Waals surface area (Å²) >= 11 is 6.50. The number of rotatable bonds is 2. The van der Waals surface area contributed by atoms with Crippen molar-refractivity contribution >= 4 is 22.6 Å². The second-order valence-electron chi connectivity index (χ2n) is 6.34. The van der Waals surface area contributed by atoms with E-state index in [1.807, 2.05) is 48.7 Å². The summed E-state index contributed by atoms with van der Waals surface area (Å²) in [6, 6.07) is 9.63. The minimum absolute atomic E-state index is 0.124. The lowest BCUT2D eigenvalue weighted by Crippen LogP contribution is -2.24. The second kappa shape index (κ2) is 5.57. The van der Waals surface area contributed by atoms with Crippen molar-refractivity contribution in [3.63, 3.8) is 0 Å². The van der Waals surface area contributed by atoms with Crippen LogP contribution in [0.25, 0.3) is 22.2 Å². The standard InChI is InChI=1S/C19H15ClN4O2/c1-10-16(11(2)26-23-10)12-6-7-14-17-18(12)25-9-15(24(17)19(20)22-14)13-5-3-4-8-21-13/h3-8,15H,9H2,1-2H3. The molecule has 0 amide bonds. The Hall–Kier alpha value is -2.86. The molecule has 0 saturated heterocycles. The van der Waals surface area contributed by atoms with Crippen LogP contribution < -0.4 is 4.74 Å². The maximum atomic E-state index is 6.50. The second-order valence-corrected chi connectivity index (χ2v) is 6.68. The van der Waals surface area contributed by atoms with Gasteiger partial charge in [-0.05, 0) is 49.7 Å². The molecule has 0 N–H and O–H groups in total. The first-order valence-electron chi connectivity index (χ1n) is 8.32. The van der Waals surface area contributed by atoms with Crippen molar-refractivity contribution in [3.8, 4) is 16.9 Å². The lowest BCUT2D eigenvalue weighted by Gasteiger charge is -2.27. The molecule has 4 aromatic rings. The monoisotopic (exact) mass is 366 g/mol. The van der Waals surface area contributed by atoms with Gasteiger partial charge in [-0.3, -0.25) is 9.55 Å². The Morgan fingerprint density at radius 2 is 2.08 bits per heavy atom. The highest BCUT2D eigenvalue weighted by atomic mass is 35.5. The SMILES string of the molecule is Cc1noc(C)c1-c1ccc2nc(Cl)n3c2c1OCC3c1ccccn1. The number of hydrogen-bond donors (Lipinski definition) is 0. The van der Waals surface area contributed by atoms with Gasteiger partial charge in [-0.25, -0.2) is 4.98 Å². The molecule has 1 aliphatic heterocycles. The zero-order valence-electron chi connectivity index (χ0n) is 14.2. The Morgan fingerprint density at radius 3 is 2.81 bits per heavy atom. The lowest BCUT2D eigenvalue weighted by atomic mass is 10.0. The maximum absolute atomic E-state index is 6.50. The Morgan fingerprint density at radius 1 is 1.19 bits per heavy atom. The maximum Gasteiger partial charge on any atom is 0.204 e. The van der Waals surface area contributed by atoms with E-state index in [2.05, 4.69) is 15.1 Å². The molecular formula is C19H15ClN4O2. The molecule has 4 heterocycles. The number of halogens is 1. The highest BCUT2D eigenvalue weighted by Crippen LogP contribution is 2.44. The highest BCUT2D eigenvalue weighted by molar-refractivity contribution is 6.29. The fourth-order valence-electron chi connectivity index (χ4n) is 3.65. The van der Waals surface area contributed by atoms with Gasteiger partial charge >= 0.3 is 0 Å². The summed E-state index contributed by atoms with van der Waals surface area (Å²) in [6.45, 7) is 4.25. The molecule has 1 aliphatic rings. The molecule has 130 valence electrons. The average Bonchev–Trinajstić information content (AvgIpc) is 3.17. The third-order valence-electron chi connectivity index (χ3n) is 4.79. The van der Waals surface area contributed by atoms with Crippen LogP contribution in [-0.2, 0) is 0 Å². The molecule has 0 spiro atoms. The van der Waals surface area contributed by atoms with Crippen LogP contribution in [0.2, 0.25) is 5.28 Å². The van der Waals surface area contributed by atoms with E-state index in [1.165, 1.54) is 0 Å². The number of aromatic nitrogens is 4. The van der Waals surface area contributed by atoms with Gasteiger partial charge in [0.1, 0.15) is 23.9 Å². The van der Waals surface area contributed by atoms with Crippen LogP contribution in [0, 0.1) is 13.8 Å². The molecule has 0 saturated carbocycles. The zero-order valence-corrected chi connectivity index (χ0v) is 15.0. The van der Waals surface area contributed by atoms with E-state index < -0.39 is 0 Å². The molecule has 5 rings (SSSR count). The minimum Gasteiger partial charge on any atom is -0.488 e. The van der Waals surface area contributed by atoms with Gasteiger partial charge in [0.05, 0.1) is 22.5 Å². The summed E-state index contributed by atoms with van der Waals surface area (Å²) in [4.78, 5) is 8.98. The topological polar surface area (TPSA) is 66.0 Å². The number of aryl methyl sites for hydroxylation is 2. The molecule has 0 radical (unpaired) electrons.